The van der Waals surface area contributed by atoms with Crippen LogP contribution in [-0.2, 0) is 0 Å². The number of benzene rings is 1. The van der Waals surface area contributed by atoms with E-state index in [-0.39, 0.29) is 5.91 Å². The molecular formula is C17H13N5O2S. The van der Waals surface area contributed by atoms with E-state index in [9.17, 15) is 4.79 Å². The number of hydrogen-bond donors (Lipinski definition) is 2. The third-order valence-electron chi connectivity index (χ3n) is 3.79. The van der Waals surface area contributed by atoms with E-state index in [2.05, 4.69) is 20.3 Å². The number of carbonyl (C=O) groups excluding carboxylic acids is 1. The Morgan fingerprint density at radius 3 is 2.96 bits per heavy atom. The van der Waals surface area contributed by atoms with Crippen molar-refractivity contribution in [2.75, 3.05) is 18.2 Å². The van der Waals surface area contributed by atoms with Crippen molar-refractivity contribution >= 4 is 49.9 Å². The third-order valence-corrected chi connectivity index (χ3v) is 4.78. The average molecular weight is 351 g/mol. The second-order valence-corrected chi connectivity index (χ2v) is 6.17. The number of carbonyl (C=O) groups is 1. The molecule has 3 N–H and O–H groups in total. The number of rotatable bonds is 3. The lowest BCUT2D eigenvalue weighted by molar-refractivity contribution is 0.102. The van der Waals surface area contributed by atoms with Crippen LogP contribution in [0.25, 0.3) is 21.1 Å². The molecule has 0 fully saturated rings. The van der Waals surface area contributed by atoms with Crippen molar-refractivity contribution in [2.45, 2.75) is 0 Å². The Kier molecular flexibility index (Phi) is 3.66. The summed E-state index contributed by atoms with van der Waals surface area (Å²) in [6.45, 7) is 0. The lowest BCUT2D eigenvalue weighted by atomic mass is 10.1. The van der Waals surface area contributed by atoms with E-state index in [0.717, 1.165) is 5.39 Å². The number of nitrogens with two attached hydrogens (primary N) is 1. The van der Waals surface area contributed by atoms with Crippen LogP contribution in [0.15, 0.2) is 42.2 Å². The van der Waals surface area contributed by atoms with E-state index in [4.69, 9.17) is 10.5 Å². The Hall–Kier alpha value is -3.26. The highest BCUT2D eigenvalue weighted by molar-refractivity contribution is 7.18. The fourth-order valence-corrected chi connectivity index (χ4v) is 3.50. The molecule has 0 unspecified atom stereocenters. The van der Waals surface area contributed by atoms with Crippen LogP contribution >= 0.6 is 11.3 Å². The minimum Gasteiger partial charge on any atom is -0.497 e. The van der Waals surface area contributed by atoms with Gasteiger partial charge in [0.05, 0.1) is 34.1 Å². The summed E-state index contributed by atoms with van der Waals surface area (Å²) in [5.41, 5.74) is 8.07. The van der Waals surface area contributed by atoms with Crippen molar-refractivity contribution in [3.63, 3.8) is 0 Å². The van der Waals surface area contributed by atoms with Gasteiger partial charge >= 0.3 is 0 Å². The molecule has 25 heavy (non-hydrogen) atoms. The van der Waals surface area contributed by atoms with E-state index in [1.165, 1.54) is 17.7 Å². The molecule has 0 saturated heterocycles. The van der Waals surface area contributed by atoms with Gasteiger partial charge in [0, 0.05) is 23.0 Å². The van der Waals surface area contributed by atoms with Gasteiger partial charge in [-0.05, 0) is 12.1 Å². The predicted octanol–water partition coefficient (Wildman–Crippen LogP) is 3.08. The number of nitrogen functional groups attached to an aromatic ring is 1. The van der Waals surface area contributed by atoms with Crippen molar-refractivity contribution in [1.29, 1.82) is 0 Å². The van der Waals surface area contributed by atoms with Crippen LogP contribution in [0.4, 0.5) is 11.5 Å². The fourth-order valence-electron chi connectivity index (χ4n) is 2.60. The molecule has 1 aromatic carbocycles. The van der Waals surface area contributed by atoms with E-state index in [1.807, 2.05) is 18.2 Å². The van der Waals surface area contributed by atoms with E-state index >= 15 is 0 Å². The molecule has 0 atom stereocenters. The van der Waals surface area contributed by atoms with Gasteiger partial charge in [-0.2, -0.15) is 0 Å². The molecule has 0 radical (unpaired) electrons. The number of amides is 1. The smallest absolute Gasteiger partial charge is 0.258 e. The third kappa shape index (κ3) is 2.62. The predicted molar refractivity (Wildman–Crippen MR) is 98.1 cm³/mol. The number of aromatic nitrogens is 3. The van der Waals surface area contributed by atoms with Gasteiger partial charge in [-0.25, -0.2) is 9.97 Å². The van der Waals surface area contributed by atoms with Crippen LogP contribution in [0.2, 0.25) is 0 Å². The van der Waals surface area contributed by atoms with Gasteiger partial charge < -0.3 is 15.8 Å². The standard InChI is InChI=1S/C17H13N5O2S/c1-24-10-5-9-3-2-4-19-13(9)12(6-10)22-17(23)11-7-25-15-14(11)20-8-21-16(15)18/h2-8H,1H3,(H,22,23)(H2,18,20,21). The summed E-state index contributed by atoms with van der Waals surface area (Å²) in [5.74, 6) is 0.713. The van der Waals surface area contributed by atoms with Crippen molar-refractivity contribution in [3.05, 3.63) is 47.7 Å². The molecule has 0 aliphatic carbocycles. The summed E-state index contributed by atoms with van der Waals surface area (Å²) in [5, 5.41) is 5.49. The SMILES string of the molecule is COc1cc(NC(=O)c2csc3c(N)ncnc23)c2ncccc2c1. The maximum absolute atomic E-state index is 12.8. The van der Waals surface area contributed by atoms with Crippen molar-refractivity contribution < 1.29 is 9.53 Å². The summed E-state index contributed by atoms with van der Waals surface area (Å²) in [7, 11) is 1.58. The Morgan fingerprint density at radius 2 is 2.12 bits per heavy atom. The minimum absolute atomic E-state index is 0.287. The zero-order valence-corrected chi connectivity index (χ0v) is 14.0. The number of anilines is 2. The first-order valence-corrected chi connectivity index (χ1v) is 8.27. The van der Waals surface area contributed by atoms with Crippen molar-refractivity contribution in [3.8, 4) is 5.75 Å². The Balaban J connectivity index is 1.78. The highest BCUT2D eigenvalue weighted by atomic mass is 32.1. The number of hydrogen-bond acceptors (Lipinski definition) is 7. The number of nitrogens with zero attached hydrogens (tertiary/aromatic N) is 3. The molecular weight excluding hydrogens is 338 g/mol. The van der Waals surface area contributed by atoms with Gasteiger partial charge in [0.15, 0.2) is 0 Å². The molecule has 7 nitrogen and oxygen atoms in total. The van der Waals surface area contributed by atoms with Gasteiger partial charge in [0.2, 0.25) is 0 Å². The summed E-state index contributed by atoms with van der Waals surface area (Å²) in [4.78, 5) is 25.2. The van der Waals surface area contributed by atoms with Crippen molar-refractivity contribution in [1.82, 2.24) is 15.0 Å². The Morgan fingerprint density at radius 1 is 1.24 bits per heavy atom. The molecule has 1 amide bonds. The van der Waals surface area contributed by atoms with Crippen LogP contribution < -0.4 is 15.8 Å². The van der Waals surface area contributed by atoms with Gasteiger partial charge in [0.1, 0.15) is 17.9 Å². The van der Waals surface area contributed by atoms with Crippen LogP contribution in [-0.4, -0.2) is 28.0 Å². The maximum atomic E-state index is 12.8. The zero-order valence-electron chi connectivity index (χ0n) is 13.2. The van der Waals surface area contributed by atoms with Crippen molar-refractivity contribution in [2.24, 2.45) is 0 Å². The van der Waals surface area contributed by atoms with E-state index in [1.54, 1.807) is 24.8 Å². The second-order valence-electron chi connectivity index (χ2n) is 5.29. The highest BCUT2D eigenvalue weighted by Crippen LogP contribution is 2.31. The number of nitrogens with one attached hydrogen (secondary N) is 1. The summed E-state index contributed by atoms with van der Waals surface area (Å²) >= 11 is 1.34. The molecule has 3 heterocycles. The molecule has 8 heteroatoms. The number of methoxy groups -OCH3 is 1. The number of ether oxygens (including phenoxy) is 1. The van der Waals surface area contributed by atoms with E-state index in [0.29, 0.717) is 38.6 Å². The normalized spacial score (nSPS) is 10.9. The van der Waals surface area contributed by atoms with Gasteiger partial charge in [-0.3, -0.25) is 9.78 Å². The van der Waals surface area contributed by atoms with Gasteiger partial charge in [-0.1, -0.05) is 6.07 Å². The summed E-state index contributed by atoms with van der Waals surface area (Å²) in [6, 6.07) is 7.35. The molecule has 0 aliphatic heterocycles. The van der Waals surface area contributed by atoms with Gasteiger partial charge in [0.25, 0.3) is 5.91 Å². The largest absolute Gasteiger partial charge is 0.497 e. The average Bonchev–Trinajstić information content (AvgIpc) is 3.07. The molecule has 0 saturated carbocycles. The van der Waals surface area contributed by atoms with Crippen LogP contribution in [0.1, 0.15) is 10.4 Å². The first-order chi connectivity index (χ1) is 12.2. The first kappa shape index (κ1) is 15.3. The molecule has 0 bridgehead atoms. The molecule has 124 valence electrons. The maximum Gasteiger partial charge on any atom is 0.258 e. The zero-order chi connectivity index (χ0) is 17.4. The summed E-state index contributed by atoms with van der Waals surface area (Å²) in [6.07, 6.45) is 3.03. The summed E-state index contributed by atoms with van der Waals surface area (Å²) < 4.78 is 6.00. The number of pyridine rings is 1. The lowest BCUT2D eigenvalue weighted by Gasteiger charge is -2.10. The topological polar surface area (TPSA) is 103 Å². The molecule has 4 rings (SSSR count). The molecule has 4 aromatic rings. The second kappa shape index (κ2) is 5.99. The quantitative estimate of drug-likeness (QED) is 0.588. The number of thiophene rings is 1. The molecule has 0 aliphatic rings. The number of fused-ring (bicyclic) bond motifs is 2. The van der Waals surface area contributed by atoms with Crippen LogP contribution in [0.3, 0.4) is 0 Å². The fraction of sp³-hybridized carbons (Fsp3) is 0.0588. The van der Waals surface area contributed by atoms with Crippen LogP contribution in [0, 0.1) is 0 Å². The van der Waals surface area contributed by atoms with Gasteiger partial charge in [-0.15, -0.1) is 11.3 Å². The first-order valence-electron chi connectivity index (χ1n) is 7.39. The Bertz CT molecular complexity index is 1110. The van der Waals surface area contributed by atoms with E-state index < -0.39 is 0 Å². The Labute approximate surface area is 146 Å². The molecule has 3 aromatic heterocycles. The molecule has 0 spiro atoms. The monoisotopic (exact) mass is 351 g/mol. The highest BCUT2D eigenvalue weighted by Gasteiger charge is 2.17. The minimum atomic E-state index is -0.287. The lowest BCUT2D eigenvalue weighted by Crippen LogP contribution is -2.12. The van der Waals surface area contributed by atoms with Crippen LogP contribution in [0.5, 0.6) is 5.75 Å².